The minimum Gasteiger partial charge on any atom is -0.493 e. The van der Waals surface area contributed by atoms with Crippen LogP contribution in [0.4, 0.5) is 0 Å². The predicted molar refractivity (Wildman–Crippen MR) is 145 cm³/mol. The highest BCUT2D eigenvalue weighted by Gasteiger charge is 2.25. The Morgan fingerprint density at radius 2 is 1.56 bits per heavy atom. The molecule has 10 heteroatoms. The van der Waals surface area contributed by atoms with E-state index in [0.717, 1.165) is 0 Å². The summed E-state index contributed by atoms with van der Waals surface area (Å²) in [6.45, 7) is 10.1. The van der Waals surface area contributed by atoms with Gasteiger partial charge in [-0.2, -0.15) is 5.10 Å². The molecule has 2 aromatic carbocycles. The number of ether oxygens (including phenoxy) is 2. The van der Waals surface area contributed by atoms with Gasteiger partial charge in [-0.25, -0.2) is 5.43 Å². The molecule has 0 saturated carbocycles. The maximum Gasteiger partial charge on any atom is 0.262 e. The lowest BCUT2D eigenvalue weighted by Gasteiger charge is -2.22. The van der Waals surface area contributed by atoms with Crippen molar-refractivity contribution in [2.45, 2.75) is 53.2 Å². The summed E-state index contributed by atoms with van der Waals surface area (Å²) in [5.74, 6) is 0.463. The lowest BCUT2D eigenvalue weighted by molar-refractivity contribution is -0.132. The molecule has 2 atom stereocenters. The molecule has 0 saturated heterocycles. The summed E-state index contributed by atoms with van der Waals surface area (Å²) in [5, 5.41) is 8.05. The molecule has 0 aliphatic rings. The van der Waals surface area contributed by atoms with Crippen molar-refractivity contribution >= 4 is 52.8 Å². The monoisotopic (exact) mass is 555 g/mol. The molecule has 36 heavy (non-hydrogen) atoms. The van der Waals surface area contributed by atoms with Crippen LogP contribution in [0.2, 0.25) is 15.1 Å². The van der Waals surface area contributed by atoms with Gasteiger partial charge in [0.05, 0.1) is 17.8 Å². The number of carbonyl (C=O) groups excluding carboxylic acids is 2. The van der Waals surface area contributed by atoms with E-state index in [1.807, 2.05) is 27.7 Å². The Hall–Kier alpha value is -2.48. The molecule has 0 aliphatic carbocycles. The third-order valence-electron chi connectivity index (χ3n) is 4.83. The van der Waals surface area contributed by atoms with E-state index in [1.165, 1.54) is 12.3 Å². The number of carbonyl (C=O) groups is 2. The Bertz CT molecular complexity index is 1080. The maximum absolute atomic E-state index is 12.9. The number of hydrogen-bond acceptors (Lipinski definition) is 5. The van der Waals surface area contributed by atoms with Crippen molar-refractivity contribution in [1.82, 2.24) is 10.7 Å². The first-order chi connectivity index (χ1) is 17.0. The van der Waals surface area contributed by atoms with Crippen LogP contribution in [0.3, 0.4) is 0 Å². The van der Waals surface area contributed by atoms with E-state index in [9.17, 15) is 9.59 Å². The van der Waals surface area contributed by atoms with Crippen LogP contribution >= 0.6 is 34.8 Å². The molecular formula is C26H32Cl3N3O4. The van der Waals surface area contributed by atoms with E-state index in [0.29, 0.717) is 46.1 Å². The van der Waals surface area contributed by atoms with Gasteiger partial charge in [0.1, 0.15) is 17.5 Å². The number of nitrogens with zero attached hydrogens (tertiary/aromatic N) is 1. The number of rotatable bonds is 12. The molecule has 7 nitrogen and oxygen atoms in total. The normalized spacial score (nSPS) is 13.1. The topological polar surface area (TPSA) is 89.0 Å². The number of hydrogen-bond donors (Lipinski definition) is 2. The Labute approximate surface area is 227 Å². The summed E-state index contributed by atoms with van der Waals surface area (Å²) in [7, 11) is 0. The number of amides is 2. The van der Waals surface area contributed by atoms with E-state index in [2.05, 4.69) is 15.8 Å². The Balaban J connectivity index is 2.06. The first-order valence-electron chi connectivity index (χ1n) is 11.6. The van der Waals surface area contributed by atoms with Crippen molar-refractivity contribution < 1.29 is 19.1 Å². The molecular weight excluding hydrogens is 525 g/mol. The molecule has 0 aromatic heterocycles. The van der Waals surface area contributed by atoms with Gasteiger partial charge in [-0.15, -0.1) is 0 Å². The molecule has 0 fully saturated rings. The molecule has 0 unspecified atom stereocenters. The minimum atomic E-state index is -0.901. The van der Waals surface area contributed by atoms with E-state index < -0.39 is 24.0 Å². The van der Waals surface area contributed by atoms with Gasteiger partial charge >= 0.3 is 0 Å². The van der Waals surface area contributed by atoms with Crippen molar-refractivity contribution in [2.24, 2.45) is 16.9 Å². The van der Waals surface area contributed by atoms with Crippen molar-refractivity contribution in [3.8, 4) is 11.5 Å². The van der Waals surface area contributed by atoms with Gasteiger partial charge in [0, 0.05) is 15.6 Å². The minimum absolute atomic E-state index is 0.135. The van der Waals surface area contributed by atoms with Crippen molar-refractivity contribution in [3.63, 3.8) is 0 Å². The van der Waals surface area contributed by atoms with Gasteiger partial charge in [-0.1, -0.05) is 62.5 Å². The largest absolute Gasteiger partial charge is 0.493 e. The zero-order chi connectivity index (χ0) is 26.8. The Morgan fingerprint density at radius 1 is 0.917 bits per heavy atom. The molecule has 2 amide bonds. The van der Waals surface area contributed by atoms with Crippen LogP contribution in [-0.4, -0.2) is 36.8 Å². The fourth-order valence-corrected chi connectivity index (χ4v) is 3.69. The van der Waals surface area contributed by atoms with Crippen LogP contribution in [0.5, 0.6) is 11.5 Å². The zero-order valence-electron chi connectivity index (χ0n) is 21.0. The second-order valence-corrected chi connectivity index (χ2v) is 10.4. The number of nitrogens with one attached hydrogen (secondary N) is 2. The van der Waals surface area contributed by atoms with Crippen LogP contribution in [0.15, 0.2) is 41.5 Å². The number of hydrazone groups is 1. The molecule has 2 N–H and O–H groups in total. The van der Waals surface area contributed by atoms with Crippen LogP contribution in [-0.2, 0) is 9.59 Å². The van der Waals surface area contributed by atoms with E-state index >= 15 is 0 Å². The summed E-state index contributed by atoms with van der Waals surface area (Å²) in [4.78, 5) is 25.6. The molecule has 0 heterocycles. The molecule has 0 spiro atoms. The third-order valence-corrected chi connectivity index (χ3v) is 5.59. The quantitative estimate of drug-likeness (QED) is 0.243. The van der Waals surface area contributed by atoms with E-state index in [1.54, 1.807) is 37.3 Å². The zero-order valence-corrected chi connectivity index (χ0v) is 23.2. The van der Waals surface area contributed by atoms with Gasteiger partial charge in [0.25, 0.3) is 11.8 Å². The van der Waals surface area contributed by atoms with Crippen LogP contribution in [0.1, 0.15) is 46.6 Å². The fourth-order valence-electron chi connectivity index (χ4n) is 3.06. The Kier molecular flexibility index (Phi) is 11.8. The second-order valence-electron chi connectivity index (χ2n) is 9.15. The highest BCUT2D eigenvalue weighted by molar-refractivity contribution is 6.35. The first kappa shape index (κ1) is 29.7. The van der Waals surface area contributed by atoms with Gasteiger partial charge < -0.3 is 14.8 Å². The summed E-state index contributed by atoms with van der Waals surface area (Å²) >= 11 is 18.1. The van der Waals surface area contributed by atoms with E-state index in [-0.39, 0.29) is 10.9 Å². The van der Waals surface area contributed by atoms with Gasteiger partial charge in [-0.05, 0) is 61.6 Å². The standard InChI is InChI=1S/C26H32Cl3N3O4/c1-15(2)10-22(31-25(33)17(5)36-24-9-7-20(28)12-21(24)29)26(34)32-30-13-18-11-19(27)6-8-23(18)35-14-16(3)4/h6-9,11-13,15-17,22H,10,14H2,1-5H3,(H,31,33)(H,32,34)/b30-13-/t17-,22+/m1/s1. The third kappa shape index (κ3) is 9.88. The summed E-state index contributed by atoms with van der Waals surface area (Å²) in [6.07, 6.45) is 0.963. The summed E-state index contributed by atoms with van der Waals surface area (Å²) < 4.78 is 11.5. The molecule has 196 valence electrons. The second kappa shape index (κ2) is 14.3. The molecule has 0 bridgehead atoms. The average molecular weight is 557 g/mol. The SMILES string of the molecule is CC(C)COc1ccc(Cl)cc1/C=N\NC(=O)[C@H](CC(C)C)NC(=O)[C@@H](C)Oc1ccc(Cl)cc1Cl. The lowest BCUT2D eigenvalue weighted by atomic mass is 10.0. The maximum atomic E-state index is 12.9. The van der Waals surface area contributed by atoms with Crippen molar-refractivity contribution in [3.05, 3.63) is 57.0 Å². The van der Waals surface area contributed by atoms with Gasteiger partial charge in [0.2, 0.25) is 0 Å². The predicted octanol–water partition coefficient (Wildman–Crippen LogP) is 6.13. The lowest BCUT2D eigenvalue weighted by Crippen LogP contribution is -2.49. The van der Waals surface area contributed by atoms with Crippen molar-refractivity contribution in [1.29, 1.82) is 0 Å². The Morgan fingerprint density at radius 3 is 2.17 bits per heavy atom. The van der Waals surface area contributed by atoms with Crippen LogP contribution in [0, 0.1) is 11.8 Å². The smallest absolute Gasteiger partial charge is 0.262 e. The summed E-state index contributed by atoms with van der Waals surface area (Å²) in [5.41, 5.74) is 3.12. The molecule has 2 aromatic rings. The number of halogens is 3. The molecule has 0 radical (unpaired) electrons. The van der Waals surface area contributed by atoms with Crippen LogP contribution < -0.4 is 20.2 Å². The average Bonchev–Trinajstić information content (AvgIpc) is 2.79. The number of benzene rings is 2. The van der Waals surface area contributed by atoms with Crippen molar-refractivity contribution in [2.75, 3.05) is 6.61 Å². The highest BCUT2D eigenvalue weighted by atomic mass is 35.5. The van der Waals surface area contributed by atoms with Gasteiger partial charge in [-0.3, -0.25) is 9.59 Å². The highest BCUT2D eigenvalue weighted by Crippen LogP contribution is 2.28. The molecule has 2 rings (SSSR count). The summed E-state index contributed by atoms with van der Waals surface area (Å²) in [6, 6.07) is 9.07. The van der Waals surface area contributed by atoms with E-state index in [4.69, 9.17) is 44.3 Å². The molecule has 0 aliphatic heterocycles. The van der Waals surface area contributed by atoms with Gasteiger partial charge in [0.15, 0.2) is 6.10 Å². The fraction of sp³-hybridized carbons (Fsp3) is 0.423. The first-order valence-corrected chi connectivity index (χ1v) is 12.8. The van der Waals surface area contributed by atoms with Crippen LogP contribution in [0.25, 0.3) is 0 Å².